The van der Waals surface area contributed by atoms with Crippen LogP contribution in [0.3, 0.4) is 0 Å². The van der Waals surface area contributed by atoms with Gasteiger partial charge in [-0.1, -0.05) is 0 Å². The lowest BCUT2D eigenvalue weighted by atomic mass is 10.1. The van der Waals surface area contributed by atoms with Crippen molar-refractivity contribution in [3.8, 4) is 5.75 Å². The lowest BCUT2D eigenvalue weighted by Gasteiger charge is -2.37. The lowest BCUT2D eigenvalue weighted by Crippen LogP contribution is -2.56. The molecule has 1 aliphatic heterocycles. The van der Waals surface area contributed by atoms with Gasteiger partial charge in [-0.2, -0.15) is 0 Å². The zero-order chi connectivity index (χ0) is 13.3. The Hall–Kier alpha value is -1.62. The number of phenolic OH excluding ortho intramolecular Hbond substituents is 1. The smallest absolute Gasteiger partial charge is 0.257 e. The molecule has 1 saturated heterocycles. The van der Waals surface area contributed by atoms with E-state index in [-0.39, 0.29) is 29.3 Å². The molecule has 1 aromatic carbocycles. The van der Waals surface area contributed by atoms with Crippen molar-refractivity contribution in [1.29, 1.82) is 0 Å². The number of nitrogens with one attached hydrogen (secondary N) is 1. The van der Waals surface area contributed by atoms with Crippen LogP contribution in [0.25, 0.3) is 0 Å². The van der Waals surface area contributed by atoms with Gasteiger partial charge in [-0.3, -0.25) is 4.79 Å². The van der Waals surface area contributed by atoms with Crippen LogP contribution in [0.2, 0.25) is 0 Å². The average Bonchev–Trinajstić information content (AvgIpc) is 2.31. The summed E-state index contributed by atoms with van der Waals surface area (Å²) in [5.74, 6) is -1.18. The number of piperazine rings is 1. The van der Waals surface area contributed by atoms with E-state index in [4.69, 9.17) is 5.11 Å². The molecule has 0 aromatic heterocycles. The minimum atomic E-state index is -0.682. The molecule has 2 atom stereocenters. The number of amides is 1. The van der Waals surface area contributed by atoms with Crippen molar-refractivity contribution in [2.24, 2.45) is 0 Å². The van der Waals surface area contributed by atoms with Gasteiger partial charge >= 0.3 is 0 Å². The molecule has 0 radical (unpaired) electrons. The highest BCUT2D eigenvalue weighted by molar-refractivity contribution is 5.95. The lowest BCUT2D eigenvalue weighted by molar-refractivity contribution is 0.0611. The number of aromatic hydroxyl groups is 1. The zero-order valence-corrected chi connectivity index (χ0v) is 10.5. The first kappa shape index (κ1) is 12.8. The molecule has 4 nitrogen and oxygen atoms in total. The predicted molar refractivity (Wildman–Crippen MR) is 66.0 cm³/mol. The maximum Gasteiger partial charge on any atom is 0.257 e. The number of hydrogen-bond donors (Lipinski definition) is 2. The Morgan fingerprint density at radius 1 is 1.50 bits per heavy atom. The Balaban J connectivity index is 2.24. The zero-order valence-electron chi connectivity index (χ0n) is 10.5. The molecule has 18 heavy (non-hydrogen) atoms. The van der Waals surface area contributed by atoms with Crippen LogP contribution in [0.15, 0.2) is 18.2 Å². The molecule has 0 aliphatic carbocycles. The Kier molecular flexibility index (Phi) is 3.52. The fraction of sp³-hybridized carbons (Fsp3) is 0.462. The van der Waals surface area contributed by atoms with E-state index in [2.05, 4.69) is 5.32 Å². The van der Waals surface area contributed by atoms with Gasteiger partial charge in [0.2, 0.25) is 0 Å². The van der Waals surface area contributed by atoms with E-state index in [1.807, 2.05) is 13.8 Å². The first-order valence-corrected chi connectivity index (χ1v) is 6.02. The Morgan fingerprint density at radius 3 is 2.89 bits per heavy atom. The highest BCUT2D eigenvalue weighted by Crippen LogP contribution is 2.19. The summed E-state index contributed by atoms with van der Waals surface area (Å²) in [6.07, 6.45) is 0. The quantitative estimate of drug-likeness (QED) is 0.793. The van der Waals surface area contributed by atoms with Gasteiger partial charge in [0.05, 0.1) is 5.56 Å². The molecule has 1 aliphatic rings. The van der Waals surface area contributed by atoms with Gasteiger partial charge in [0.25, 0.3) is 5.91 Å². The van der Waals surface area contributed by atoms with Crippen LogP contribution >= 0.6 is 0 Å². The van der Waals surface area contributed by atoms with Crippen LogP contribution in [-0.2, 0) is 0 Å². The molecule has 1 fully saturated rings. The van der Waals surface area contributed by atoms with Crippen molar-refractivity contribution in [2.45, 2.75) is 25.9 Å². The van der Waals surface area contributed by atoms with Crippen LogP contribution in [0.4, 0.5) is 4.39 Å². The molecular weight excluding hydrogens is 235 g/mol. The van der Waals surface area contributed by atoms with Crippen molar-refractivity contribution in [1.82, 2.24) is 10.2 Å². The third-order valence-corrected chi connectivity index (χ3v) is 3.21. The van der Waals surface area contributed by atoms with Gasteiger partial charge < -0.3 is 15.3 Å². The fourth-order valence-corrected chi connectivity index (χ4v) is 2.14. The summed E-state index contributed by atoms with van der Waals surface area (Å²) in [5, 5.41) is 12.4. The maximum atomic E-state index is 13.7. The number of hydrogen-bond acceptors (Lipinski definition) is 3. The number of phenols is 1. The summed E-state index contributed by atoms with van der Waals surface area (Å²) in [6, 6.07) is 3.84. The second-order valence-corrected chi connectivity index (χ2v) is 4.78. The monoisotopic (exact) mass is 252 g/mol. The van der Waals surface area contributed by atoms with Gasteiger partial charge in [-0.15, -0.1) is 0 Å². The number of benzene rings is 1. The summed E-state index contributed by atoms with van der Waals surface area (Å²) in [7, 11) is 0. The highest BCUT2D eigenvalue weighted by Gasteiger charge is 2.28. The number of nitrogens with zero attached hydrogens (tertiary/aromatic N) is 1. The van der Waals surface area contributed by atoms with Crippen LogP contribution in [0.1, 0.15) is 24.2 Å². The average molecular weight is 252 g/mol. The molecule has 0 bridgehead atoms. The topological polar surface area (TPSA) is 52.6 Å². The molecule has 98 valence electrons. The van der Waals surface area contributed by atoms with Crippen molar-refractivity contribution >= 4 is 5.91 Å². The Bertz CT molecular complexity index is 464. The Morgan fingerprint density at radius 2 is 2.22 bits per heavy atom. The molecular formula is C13H17FN2O2. The number of rotatable bonds is 1. The molecule has 2 rings (SSSR count). The van der Waals surface area contributed by atoms with Crippen molar-refractivity contribution in [3.63, 3.8) is 0 Å². The molecule has 1 aromatic rings. The molecule has 0 spiro atoms. The van der Waals surface area contributed by atoms with E-state index < -0.39 is 5.82 Å². The van der Waals surface area contributed by atoms with E-state index in [0.717, 1.165) is 6.07 Å². The molecule has 2 N–H and O–H groups in total. The van der Waals surface area contributed by atoms with Crippen LogP contribution in [0, 0.1) is 5.82 Å². The second-order valence-electron chi connectivity index (χ2n) is 4.78. The fourth-order valence-electron chi connectivity index (χ4n) is 2.14. The van der Waals surface area contributed by atoms with E-state index in [9.17, 15) is 9.18 Å². The van der Waals surface area contributed by atoms with E-state index >= 15 is 0 Å². The predicted octanol–water partition coefficient (Wildman–Crippen LogP) is 1.35. The first-order valence-electron chi connectivity index (χ1n) is 6.02. The van der Waals surface area contributed by atoms with Gasteiger partial charge in [-0.05, 0) is 26.0 Å². The van der Waals surface area contributed by atoms with Crippen molar-refractivity contribution in [3.05, 3.63) is 29.6 Å². The molecule has 1 heterocycles. The van der Waals surface area contributed by atoms with Gasteiger partial charge in [-0.25, -0.2) is 4.39 Å². The second kappa shape index (κ2) is 4.94. The molecule has 2 unspecified atom stereocenters. The maximum absolute atomic E-state index is 13.7. The summed E-state index contributed by atoms with van der Waals surface area (Å²) in [6.45, 7) is 5.17. The van der Waals surface area contributed by atoms with Gasteiger partial charge in [0.15, 0.2) is 0 Å². The summed E-state index contributed by atoms with van der Waals surface area (Å²) < 4.78 is 13.7. The molecule has 1 amide bonds. The number of halogens is 1. The highest BCUT2D eigenvalue weighted by atomic mass is 19.1. The number of carbonyl (C=O) groups excluding carboxylic acids is 1. The molecule has 5 heteroatoms. The summed E-state index contributed by atoms with van der Waals surface area (Å²) >= 11 is 0. The van der Waals surface area contributed by atoms with E-state index in [1.54, 1.807) is 4.90 Å². The minimum Gasteiger partial charge on any atom is -0.508 e. The van der Waals surface area contributed by atoms with E-state index in [0.29, 0.717) is 13.1 Å². The van der Waals surface area contributed by atoms with E-state index in [1.165, 1.54) is 12.1 Å². The molecule has 0 saturated carbocycles. The summed E-state index contributed by atoms with van der Waals surface area (Å²) in [5.41, 5.74) is 0.00810. The largest absolute Gasteiger partial charge is 0.508 e. The summed E-state index contributed by atoms with van der Waals surface area (Å²) in [4.78, 5) is 13.9. The van der Waals surface area contributed by atoms with Crippen LogP contribution in [0.5, 0.6) is 5.75 Å². The SMILES string of the molecule is CC1CN(C(=O)c2ccc(O)cc2F)C(C)CN1. The Labute approximate surface area is 105 Å². The van der Waals surface area contributed by atoms with Gasteiger partial charge in [0, 0.05) is 31.2 Å². The third-order valence-electron chi connectivity index (χ3n) is 3.21. The first-order chi connectivity index (χ1) is 8.49. The van der Waals surface area contributed by atoms with Crippen LogP contribution in [-0.4, -0.2) is 41.1 Å². The number of carbonyl (C=O) groups is 1. The van der Waals surface area contributed by atoms with Crippen molar-refractivity contribution in [2.75, 3.05) is 13.1 Å². The standard InChI is InChI=1S/C13H17FN2O2/c1-8-7-16(9(2)6-15-8)13(18)11-4-3-10(17)5-12(11)14/h3-5,8-9,15,17H,6-7H2,1-2H3. The van der Waals surface area contributed by atoms with Gasteiger partial charge in [0.1, 0.15) is 11.6 Å². The third kappa shape index (κ3) is 2.46. The normalized spacial score (nSPS) is 24.1. The minimum absolute atomic E-state index is 0.00810. The van der Waals surface area contributed by atoms with Crippen molar-refractivity contribution < 1.29 is 14.3 Å². The van der Waals surface area contributed by atoms with Crippen LogP contribution < -0.4 is 5.32 Å².